The standard InChI is InChI=1S/C31H31BrCl2N2O4S/c1-31(2,3)28-18-22(26(37)17-21(30(35)38)15-19-9-5-4-6-10-19)29(20-13-14-24(33)25(34)16-20)36(28)41(39,40)27-12-8-7-11-23(27)32/h4-14,16,18,21,28-29H,15,17H2,1-3H3,(H2,35,38)/t21-,28+,29+/m1/s1. The van der Waals surface area contributed by atoms with Crippen LogP contribution in [0.3, 0.4) is 0 Å². The molecule has 6 nitrogen and oxygen atoms in total. The average molecular weight is 678 g/mol. The molecule has 0 aliphatic carbocycles. The molecule has 10 heteroatoms. The quantitative estimate of drug-likeness (QED) is 0.260. The zero-order valence-corrected chi connectivity index (χ0v) is 26.8. The van der Waals surface area contributed by atoms with Gasteiger partial charge in [-0.3, -0.25) is 9.59 Å². The molecule has 0 unspecified atom stereocenters. The van der Waals surface area contributed by atoms with Crippen LogP contribution in [0.5, 0.6) is 0 Å². The van der Waals surface area contributed by atoms with Gasteiger partial charge in [-0.15, -0.1) is 0 Å². The van der Waals surface area contributed by atoms with E-state index < -0.39 is 39.3 Å². The molecular weight excluding hydrogens is 647 g/mol. The Hall–Kier alpha value is -2.49. The van der Waals surface area contributed by atoms with E-state index in [4.69, 9.17) is 28.9 Å². The number of amides is 1. The van der Waals surface area contributed by atoms with Crippen LogP contribution in [0.4, 0.5) is 0 Å². The molecule has 0 saturated heterocycles. The minimum absolute atomic E-state index is 0.0699. The van der Waals surface area contributed by atoms with Crippen molar-refractivity contribution in [1.29, 1.82) is 0 Å². The van der Waals surface area contributed by atoms with Crippen molar-refractivity contribution < 1.29 is 18.0 Å². The highest BCUT2D eigenvalue weighted by atomic mass is 79.9. The van der Waals surface area contributed by atoms with Crippen LogP contribution in [0, 0.1) is 11.3 Å². The van der Waals surface area contributed by atoms with Gasteiger partial charge in [-0.1, -0.05) is 98.6 Å². The fourth-order valence-electron chi connectivity index (χ4n) is 5.09. The molecule has 41 heavy (non-hydrogen) atoms. The number of rotatable bonds is 9. The number of carbonyl (C=O) groups excluding carboxylic acids is 2. The second-order valence-corrected chi connectivity index (χ2v) is 14.7. The van der Waals surface area contributed by atoms with Gasteiger partial charge in [-0.05, 0) is 63.2 Å². The third-order valence-corrected chi connectivity index (χ3v) is 10.8. The van der Waals surface area contributed by atoms with Crippen molar-refractivity contribution in [2.75, 3.05) is 0 Å². The summed E-state index contributed by atoms with van der Waals surface area (Å²) in [6.45, 7) is 5.74. The Balaban J connectivity index is 1.85. The molecule has 3 aromatic rings. The third kappa shape index (κ3) is 6.78. The predicted molar refractivity (Wildman–Crippen MR) is 166 cm³/mol. The summed E-state index contributed by atoms with van der Waals surface area (Å²) in [6.07, 6.45) is 1.83. The predicted octanol–water partition coefficient (Wildman–Crippen LogP) is 7.15. The molecule has 0 aromatic heterocycles. The zero-order chi connectivity index (χ0) is 30.1. The van der Waals surface area contributed by atoms with E-state index in [1.807, 2.05) is 51.1 Å². The number of hydrogen-bond acceptors (Lipinski definition) is 4. The first-order valence-electron chi connectivity index (χ1n) is 13.0. The monoisotopic (exact) mass is 676 g/mol. The number of hydrogen-bond donors (Lipinski definition) is 1. The number of carbonyl (C=O) groups is 2. The van der Waals surface area contributed by atoms with E-state index >= 15 is 0 Å². The van der Waals surface area contributed by atoms with E-state index in [9.17, 15) is 18.0 Å². The van der Waals surface area contributed by atoms with Gasteiger partial charge in [-0.25, -0.2) is 8.42 Å². The van der Waals surface area contributed by atoms with Crippen LogP contribution in [-0.2, 0) is 26.0 Å². The Bertz CT molecular complexity index is 1600. The van der Waals surface area contributed by atoms with Crippen LogP contribution >= 0.6 is 39.1 Å². The van der Waals surface area contributed by atoms with Crippen LogP contribution in [0.25, 0.3) is 0 Å². The maximum Gasteiger partial charge on any atom is 0.245 e. The summed E-state index contributed by atoms with van der Waals surface area (Å²) in [5, 5.41) is 0.530. The summed E-state index contributed by atoms with van der Waals surface area (Å²) in [5.74, 6) is -1.74. The van der Waals surface area contributed by atoms with Gasteiger partial charge in [0.05, 0.1) is 21.0 Å². The Morgan fingerprint density at radius 1 is 0.976 bits per heavy atom. The summed E-state index contributed by atoms with van der Waals surface area (Å²) < 4.78 is 30.6. The highest BCUT2D eigenvalue weighted by Crippen LogP contribution is 2.48. The zero-order valence-electron chi connectivity index (χ0n) is 22.9. The minimum atomic E-state index is -4.17. The van der Waals surface area contributed by atoms with E-state index in [0.717, 1.165) is 5.56 Å². The second kappa shape index (κ2) is 12.4. The van der Waals surface area contributed by atoms with Crippen molar-refractivity contribution in [3.63, 3.8) is 0 Å². The lowest BCUT2D eigenvalue weighted by atomic mass is 9.86. The Morgan fingerprint density at radius 3 is 2.20 bits per heavy atom. The van der Waals surface area contributed by atoms with Crippen LogP contribution in [0.2, 0.25) is 10.0 Å². The maximum absolute atomic E-state index is 14.4. The van der Waals surface area contributed by atoms with Crippen molar-refractivity contribution in [3.8, 4) is 0 Å². The van der Waals surface area contributed by atoms with Gasteiger partial charge in [0.1, 0.15) is 0 Å². The molecule has 0 fully saturated rings. The van der Waals surface area contributed by atoms with Crippen LogP contribution < -0.4 is 5.73 Å². The molecule has 0 radical (unpaired) electrons. The van der Waals surface area contributed by atoms with Crippen molar-refractivity contribution in [2.24, 2.45) is 17.1 Å². The van der Waals surface area contributed by atoms with Crippen molar-refractivity contribution >= 4 is 60.8 Å². The molecule has 216 valence electrons. The first-order valence-corrected chi connectivity index (χ1v) is 16.0. The highest BCUT2D eigenvalue weighted by molar-refractivity contribution is 9.10. The number of nitrogens with two attached hydrogens (primary N) is 1. The van der Waals surface area contributed by atoms with Gasteiger partial charge in [0.25, 0.3) is 0 Å². The lowest BCUT2D eigenvalue weighted by molar-refractivity contribution is -0.126. The first-order chi connectivity index (χ1) is 19.2. The number of nitrogens with zero attached hydrogens (tertiary/aromatic N) is 1. The highest BCUT2D eigenvalue weighted by Gasteiger charge is 2.50. The average Bonchev–Trinajstić information content (AvgIpc) is 3.33. The molecule has 0 bridgehead atoms. The molecule has 3 atom stereocenters. The largest absolute Gasteiger partial charge is 0.369 e. The molecule has 1 aliphatic heterocycles. The lowest BCUT2D eigenvalue weighted by Gasteiger charge is -2.37. The number of Topliss-reactive ketones (excluding diaryl/α,β-unsaturated/α-hetero) is 1. The van der Waals surface area contributed by atoms with Gasteiger partial charge in [0, 0.05) is 28.4 Å². The summed E-state index contributed by atoms with van der Waals surface area (Å²) in [5.41, 5.74) is 6.77. The lowest BCUT2D eigenvalue weighted by Crippen LogP contribution is -2.45. The van der Waals surface area contributed by atoms with Crippen molar-refractivity contribution in [3.05, 3.63) is 110 Å². The molecule has 1 amide bonds. The number of benzene rings is 3. The fraction of sp³-hybridized carbons (Fsp3) is 0.290. The van der Waals surface area contributed by atoms with Crippen molar-refractivity contribution in [1.82, 2.24) is 4.31 Å². The normalized spacial score (nSPS) is 18.6. The summed E-state index contributed by atoms with van der Waals surface area (Å²) in [4.78, 5) is 26.6. The Labute approximate surface area is 259 Å². The van der Waals surface area contributed by atoms with E-state index in [1.165, 1.54) is 10.4 Å². The van der Waals surface area contributed by atoms with Gasteiger partial charge in [0.2, 0.25) is 15.9 Å². The van der Waals surface area contributed by atoms with E-state index in [0.29, 0.717) is 15.1 Å². The van der Waals surface area contributed by atoms with Crippen LogP contribution in [0.1, 0.15) is 44.4 Å². The third-order valence-electron chi connectivity index (χ3n) is 7.18. The second-order valence-electron chi connectivity index (χ2n) is 11.2. The van der Waals surface area contributed by atoms with Gasteiger partial charge in [0.15, 0.2) is 5.78 Å². The van der Waals surface area contributed by atoms with Gasteiger partial charge in [-0.2, -0.15) is 4.31 Å². The topological polar surface area (TPSA) is 97.5 Å². The molecule has 0 spiro atoms. The van der Waals surface area contributed by atoms with Gasteiger partial charge >= 0.3 is 0 Å². The molecule has 3 aromatic carbocycles. The minimum Gasteiger partial charge on any atom is -0.369 e. The van der Waals surface area contributed by atoms with Gasteiger partial charge < -0.3 is 5.73 Å². The summed E-state index contributed by atoms with van der Waals surface area (Å²) >= 11 is 16.0. The Kier molecular flexibility index (Phi) is 9.51. The van der Waals surface area contributed by atoms with Crippen molar-refractivity contribution in [2.45, 2.75) is 50.6 Å². The molecule has 2 N–H and O–H groups in total. The molecular formula is C31H31BrCl2N2O4S. The number of ketones is 1. The maximum atomic E-state index is 14.4. The molecule has 1 heterocycles. The van der Waals surface area contributed by atoms with Crippen LogP contribution in [0.15, 0.2) is 93.8 Å². The SMILES string of the molecule is CC(C)(C)[C@@H]1C=C(C(=O)C[C@@H](Cc2ccccc2)C(N)=O)[C@H](c2ccc(Cl)c(Cl)c2)N1S(=O)(=O)c1ccccc1Br. The number of sulfonamides is 1. The van der Waals surface area contributed by atoms with E-state index in [-0.39, 0.29) is 34.1 Å². The number of primary amides is 1. The first kappa shape index (κ1) is 31.4. The smallest absolute Gasteiger partial charge is 0.245 e. The van der Waals surface area contributed by atoms with Crippen LogP contribution in [-0.4, -0.2) is 30.5 Å². The summed E-state index contributed by atoms with van der Waals surface area (Å²) in [7, 11) is -4.17. The van der Waals surface area contributed by atoms with E-state index in [2.05, 4.69) is 15.9 Å². The van der Waals surface area contributed by atoms with E-state index in [1.54, 1.807) is 42.5 Å². The summed E-state index contributed by atoms with van der Waals surface area (Å²) in [6, 6.07) is 19.0. The Morgan fingerprint density at radius 2 is 1.61 bits per heavy atom. The number of halogens is 3. The fourth-order valence-corrected chi connectivity index (χ4v) is 8.27. The molecule has 0 saturated carbocycles. The molecule has 1 aliphatic rings. The molecule has 4 rings (SSSR count).